The molecular weight excluding hydrogens is 271 g/mol. The molecule has 1 fully saturated rings. The van der Waals surface area contributed by atoms with Crippen LogP contribution in [0.15, 0.2) is 12.7 Å². The maximum atomic E-state index is 13.4. The van der Waals surface area contributed by atoms with Gasteiger partial charge in [-0.15, -0.1) is 0 Å². The van der Waals surface area contributed by atoms with Crippen LogP contribution in [0.25, 0.3) is 0 Å². The SMILES string of the molecule is C=CC(=O)OC1OCOC(O)(C(F)(F)F)C1(F)F. The van der Waals surface area contributed by atoms with E-state index in [1.54, 1.807) is 0 Å². The van der Waals surface area contributed by atoms with Crippen molar-refractivity contribution in [1.29, 1.82) is 0 Å². The first-order valence-electron chi connectivity index (χ1n) is 4.32. The van der Waals surface area contributed by atoms with Crippen molar-refractivity contribution in [3.63, 3.8) is 0 Å². The normalized spacial score (nSPS) is 31.8. The van der Waals surface area contributed by atoms with Crippen molar-refractivity contribution in [3.8, 4) is 0 Å². The summed E-state index contributed by atoms with van der Waals surface area (Å²) in [6, 6.07) is 0. The molecule has 1 rings (SSSR count). The lowest BCUT2D eigenvalue weighted by atomic mass is 10.1. The molecule has 1 aliphatic rings. The fraction of sp³-hybridized carbons (Fsp3) is 0.625. The highest BCUT2D eigenvalue weighted by Gasteiger charge is 2.77. The van der Waals surface area contributed by atoms with Gasteiger partial charge in [0.2, 0.25) is 0 Å². The van der Waals surface area contributed by atoms with Gasteiger partial charge in [-0.05, 0) is 0 Å². The first kappa shape index (κ1) is 14.8. The van der Waals surface area contributed by atoms with Crippen molar-refractivity contribution >= 4 is 5.97 Å². The van der Waals surface area contributed by atoms with E-state index >= 15 is 0 Å². The van der Waals surface area contributed by atoms with Gasteiger partial charge in [0.25, 0.3) is 6.29 Å². The number of carbonyl (C=O) groups is 1. The Kier molecular flexibility index (Phi) is 3.65. The molecule has 0 aromatic heterocycles. The van der Waals surface area contributed by atoms with Crippen LogP contribution in [-0.4, -0.2) is 42.0 Å². The molecule has 1 saturated heterocycles. The first-order valence-corrected chi connectivity index (χ1v) is 4.32. The van der Waals surface area contributed by atoms with E-state index in [4.69, 9.17) is 5.11 Å². The molecule has 0 radical (unpaired) electrons. The molecule has 2 atom stereocenters. The zero-order valence-electron chi connectivity index (χ0n) is 8.54. The molecule has 104 valence electrons. The number of ether oxygens (including phenoxy) is 3. The van der Waals surface area contributed by atoms with Crippen LogP contribution in [0.1, 0.15) is 0 Å². The Morgan fingerprint density at radius 3 is 2.50 bits per heavy atom. The summed E-state index contributed by atoms with van der Waals surface area (Å²) in [5.74, 6) is -11.3. The molecule has 0 aromatic rings. The van der Waals surface area contributed by atoms with Gasteiger partial charge in [-0.1, -0.05) is 6.58 Å². The smallest absolute Gasteiger partial charge is 0.426 e. The van der Waals surface area contributed by atoms with Gasteiger partial charge in [-0.3, -0.25) is 0 Å². The van der Waals surface area contributed by atoms with E-state index in [9.17, 15) is 26.7 Å². The van der Waals surface area contributed by atoms with Gasteiger partial charge in [0.1, 0.15) is 0 Å². The van der Waals surface area contributed by atoms with Crippen LogP contribution in [0.4, 0.5) is 22.0 Å². The molecule has 10 heteroatoms. The minimum absolute atomic E-state index is 0.446. The quantitative estimate of drug-likeness (QED) is 0.462. The molecule has 0 spiro atoms. The van der Waals surface area contributed by atoms with E-state index in [1.165, 1.54) is 0 Å². The summed E-state index contributed by atoms with van der Waals surface area (Å²) in [5.41, 5.74) is 0. The predicted molar refractivity (Wildman–Crippen MR) is 43.1 cm³/mol. The lowest BCUT2D eigenvalue weighted by Gasteiger charge is -2.42. The minimum Gasteiger partial charge on any atom is -0.426 e. The Morgan fingerprint density at radius 2 is 2.06 bits per heavy atom. The minimum atomic E-state index is -5.81. The molecule has 1 aliphatic heterocycles. The van der Waals surface area contributed by atoms with E-state index in [0.29, 0.717) is 6.08 Å². The standard InChI is InChI=1S/C8H7F5O5/c1-2-4(14)18-5-6(9,10)7(15,8(11,12)13)17-3-16-5/h2,5,15H,1,3H2. The molecule has 2 unspecified atom stereocenters. The number of rotatable bonds is 2. The zero-order valence-corrected chi connectivity index (χ0v) is 8.54. The van der Waals surface area contributed by atoms with Crippen molar-refractivity contribution < 1.29 is 46.1 Å². The maximum Gasteiger partial charge on any atom is 0.450 e. The largest absolute Gasteiger partial charge is 0.450 e. The van der Waals surface area contributed by atoms with Crippen LogP contribution in [0.2, 0.25) is 0 Å². The summed E-state index contributed by atoms with van der Waals surface area (Å²) >= 11 is 0. The third kappa shape index (κ3) is 2.18. The van der Waals surface area contributed by atoms with Crippen LogP contribution in [0.5, 0.6) is 0 Å². The summed E-state index contributed by atoms with van der Waals surface area (Å²) in [4.78, 5) is 10.7. The molecule has 0 aromatic carbocycles. The van der Waals surface area contributed by atoms with Gasteiger partial charge in [-0.2, -0.15) is 22.0 Å². The molecule has 0 saturated carbocycles. The van der Waals surface area contributed by atoms with Crippen LogP contribution in [0, 0.1) is 0 Å². The van der Waals surface area contributed by atoms with Gasteiger partial charge in [-0.25, -0.2) is 4.79 Å². The first-order chi connectivity index (χ1) is 8.06. The number of halogens is 5. The Labute approximate surface area is 96.7 Å². The number of alkyl halides is 5. The Morgan fingerprint density at radius 1 is 1.50 bits per heavy atom. The Balaban J connectivity index is 3.05. The predicted octanol–water partition coefficient (Wildman–Crippen LogP) is 0.932. The van der Waals surface area contributed by atoms with Crippen molar-refractivity contribution in [2.24, 2.45) is 0 Å². The second kappa shape index (κ2) is 4.44. The molecule has 18 heavy (non-hydrogen) atoms. The lowest BCUT2D eigenvalue weighted by Crippen LogP contribution is -2.69. The van der Waals surface area contributed by atoms with Crippen LogP contribution in [0.3, 0.4) is 0 Å². The maximum absolute atomic E-state index is 13.4. The van der Waals surface area contributed by atoms with Crippen molar-refractivity contribution in [3.05, 3.63) is 12.7 Å². The van der Waals surface area contributed by atoms with Gasteiger partial charge in [0.15, 0.2) is 6.79 Å². The van der Waals surface area contributed by atoms with Crippen LogP contribution < -0.4 is 0 Å². The summed E-state index contributed by atoms with van der Waals surface area (Å²) < 4.78 is 75.2. The molecule has 1 heterocycles. The van der Waals surface area contributed by atoms with Gasteiger partial charge in [0.05, 0.1) is 0 Å². The third-order valence-corrected chi connectivity index (χ3v) is 2.01. The van der Waals surface area contributed by atoms with Crippen molar-refractivity contribution in [2.45, 2.75) is 24.2 Å². The molecule has 5 nitrogen and oxygen atoms in total. The molecular formula is C8H7F5O5. The third-order valence-electron chi connectivity index (χ3n) is 2.01. The van der Waals surface area contributed by atoms with E-state index in [2.05, 4.69) is 20.8 Å². The topological polar surface area (TPSA) is 65.0 Å². The average Bonchev–Trinajstić information content (AvgIpc) is 2.23. The molecule has 0 amide bonds. The van der Waals surface area contributed by atoms with Crippen molar-refractivity contribution in [1.82, 2.24) is 0 Å². The number of aliphatic hydroxyl groups is 1. The number of hydrogen-bond acceptors (Lipinski definition) is 5. The summed E-state index contributed by atoms with van der Waals surface area (Å²) in [5, 5.41) is 8.90. The van der Waals surface area contributed by atoms with Crippen LogP contribution >= 0.6 is 0 Å². The highest BCUT2D eigenvalue weighted by molar-refractivity contribution is 5.81. The van der Waals surface area contributed by atoms with Gasteiger partial charge in [0, 0.05) is 6.08 Å². The van der Waals surface area contributed by atoms with Gasteiger partial charge >= 0.3 is 23.9 Å². The van der Waals surface area contributed by atoms with E-state index in [0.717, 1.165) is 0 Å². The second-order valence-corrected chi connectivity index (χ2v) is 3.17. The fourth-order valence-corrected chi connectivity index (χ4v) is 1.07. The lowest BCUT2D eigenvalue weighted by molar-refractivity contribution is -0.502. The summed E-state index contributed by atoms with van der Waals surface area (Å²) in [7, 11) is 0. The Bertz CT molecular complexity index is 354. The average molecular weight is 278 g/mol. The highest BCUT2D eigenvalue weighted by Crippen LogP contribution is 2.47. The number of esters is 1. The van der Waals surface area contributed by atoms with Crippen molar-refractivity contribution in [2.75, 3.05) is 6.79 Å². The van der Waals surface area contributed by atoms with Gasteiger partial charge < -0.3 is 19.3 Å². The van der Waals surface area contributed by atoms with Crippen LogP contribution in [-0.2, 0) is 19.0 Å². The monoisotopic (exact) mass is 278 g/mol. The fourth-order valence-electron chi connectivity index (χ4n) is 1.07. The molecule has 0 bridgehead atoms. The molecule has 0 aliphatic carbocycles. The summed E-state index contributed by atoms with van der Waals surface area (Å²) in [6.45, 7) is 1.54. The second-order valence-electron chi connectivity index (χ2n) is 3.17. The van der Waals surface area contributed by atoms with E-state index < -0.39 is 36.9 Å². The zero-order chi connectivity index (χ0) is 14.2. The summed E-state index contributed by atoms with van der Waals surface area (Å²) in [6.07, 6.45) is -8.30. The van der Waals surface area contributed by atoms with E-state index in [1.807, 2.05) is 0 Å². The number of carbonyl (C=O) groups excluding carboxylic acids is 1. The van der Waals surface area contributed by atoms with E-state index in [-0.39, 0.29) is 0 Å². The highest BCUT2D eigenvalue weighted by atomic mass is 19.4. The Hall–Kier alpha value is -1.26. The number of hydrogen-bond donors (Lipinski definition) is 1. The molecule has 1 N–H and O–H groups in total.